The molecular formula is C32H45N3O4S. The van der Waals surface area contributed by atoms with E-state index in [9.17, 15) is 19.8 Å². The normalized spacial score (nSPS) is 24.0. The molecule has 7 nitrogen and oxygen atoms in total. The maximum atomic E-state index is 14.0. The fraction of sp³-hybridized carbons (Fsp3) is 0.562. The van der Waals surface area contributed by atoms with Crippen LogP contribution < -0.4 is 11.1 Å². The molecule has 1 saturated carbocycles. The summed E-state index contributed by atoms with van der Waals surface area (Å²) in [5.41, 5.74) is 7.13. The number of ketones is 1. The average Bonchev–Trinajstić information content (AvgIpc) is 2.89. The Hall–Kier alpha value is -2.39. The number of carbonyl (C=O) groups excluding carboxylic acids is 2. The predicted octanol–water partition coefficient (Wildman–Crippen LogP) is 4.73. The Morgan fingerprint density at radius 3 is 2.42 bits per heavy atom. The van der Waals surface area contributed by atoms with Gasteiger partial charge in [-0.2, -0.15) is 0 Å². The van der Waals surface area contributed by atoms with Crippen molar-refractivity contribution in [2.45, 2.75) is 87.8 Å². The van der Waals surface area contributed by atoms with E-state index in [0.717, 1.165) is 30.7 Å². The third-order valence-electron chi connectivity index (χ3n) is 8.38. The van der Waals surface area contributed by atoms with Crippen molar-refractivity contribution in [1.82, 2.24) is 10.2 Å². The highest BCUT2D eigenvalue weighted by atomic mass is 32.2. The number of hydrogen-bond acceptors (Lipinski definition) is 7. The summed E-state index contributed by atoms with van der Waals surface area (Å²) in [6.45, 7) is 8.51. The zero-order valence-corrected chi connectivity index (χ0v) is 25.0. The lowest BCUT2D eigenvalue weighted by molar-refractivity contribution is -0.132. The van der Waals surface area contributed by atoms with Crippen molar-refractivity contribution in [2.24, 2.45) is 23.5 Å². The molecule has 0 radical (unpaired) electrons. The average molecular weight is 568 g/mol. The van der Waals surface area contributed by atoms with Crippen LogP contribution in [0.4, 0.5) is 0 Å². The highest BCUT2D eigenvalue weighted by Gasteiger charge is 2.43. The van der Waals surface area contributed by atoms with Gasteiger partial charge in [-0.05, 0) is 70.6 Å². The molecule has 2 aliphatic rings. The van der Waals surface area contributed by atoms with Crippen LogP contribution >= 0.6 is 11.8 Å². The van der Waals surface area contributed by atoms with E-state index in [1.165, 1.54) is 24.6 Å². The molecule has 1 amide bonds. The lowest BCUT2D eigenvalue weighted by Crippen LogP contribution is -2.59. The van der Waals surface area contributed by atoms with Crippen molar-refractivity contribution in [3.05, 3.63) is 59.7 Å². The van der Waals surface area contributed by atoms with Crippen LogP contribution in [-0.4, -0.2) is 63.0 Å². The van der Waals surface area contributed by atoms with Gasteiger partial charge in [0.1, 0.15) is 5.75 Å². The number of aliphatic hydroxyl groups is 1. The summed E-state index contributed by atoms with van der Waals surface area (Å²) in [6, 6.07) is 14.1. The van der Waals surface area contributed by atoms with Crippen LogP contribution in [0.25, 0.3) is 0 Å². The molecule has 6 unspecified atom stereocenters. The van der Waals surface area contributed by atoms with Gasteiger partial charge in [-0.3, -0.25) is 14.5 Å². The van der Waals surface area contributed by atoms with Crippen LogP contribution in [0.3, 0.4) is 0 Å². The SMILES string of the molecule is Cc1c(O)cccc1C(=O)C(C(O)CN1CC2CCCCC2CC1C(=O)NC(C)(C)C)C(N)Sc1ccccc1. The summed E-state index contributed by atoms with van der Waals surface area (Å²) >= 11 is 1.34. The van der Waals surface area contributed by atoms with Gasteiger partial charge >= 0.3 is 0 Å². The number of aromatic hydroxyl groups is 1. The topological polar surface area (TPSA) is 116 Å². The number of rotatable bonds is 9. The van der Waals surface area contributed by atoms with Crippen LogP contribution in [-0.2, 0) is 4.79 Å². The van der Waals surface area contributed by atoms with Crippen LogP contribution in [0, 0.1) is 24.7 Å². The van der Waals surface area contributed by atoms with Gasteiger partial charge in [0.2, 0.25) is 5.91 Å². The number of nitrogens with one attached hydrogen (secondary N) is 1. The van der Waals surface area contributed by atoms with Crippen LogP contribution in [0.2, 0.25) is 0 Å². The number of likely N-dealkylation sites (tertiary alicyclic amines) is 1. The second-order valence-corrected chi connectivity index (χ2v) is 13.8. The minimum atomic E-state index is -1.11. The van der Waals surface area contributed by atoms with E-state index in [1.807, 2.05) is 51.1 Å². The molecule has 2 fully saturated rings. The third kappa shape index (κ3) is 7.46. The number of aliphatic hydroxyl groups excluding tert-OH is 1. The van der Waals surface area contributed by atoms with Gasteiger partial charge in [0.05, 0.1) is 23.4 Å². The Bertz CT molecular complexity index is 1170. The lowest BCUT2D eigenvalue weighted by atomic mass is 9.72. The van der Waals surface area contributed by atoms with E-state index < -0.39 is 17.4 Å². The molecule has 1 aliphatic heterocycles. The number of benzene rings is 2. The molecule has 40 heavy (non-hydrogen) atoms. The van der Waals surface area contributed by atoms with Gasteiger partial charge in [-0.1, -0.05) is 49.6 Å². The Balaban J connectivity index is 1.62. The van der Waals surface area contributed by atoms with Crippen molar-refractivity contribution < 1.29 is 19.8 Å². The smallest absolute Gasteiger partial charge is 0.237 e. The van der Waals surface area contributed by atoms with Gasteiger partial charge in [0, 0.05) is 34.7 Å². The largest absolute Gasteiger partial charge is 0.508 e. The highest BCUT2D eigenvalue weighted by Crippen LogP contribution is 2.39. The number of fused-ring (bicyclic) bond motifs is 1. The van der Waals surface area contributed by atoms with E-state index in [1.54, 1.807) is 25.1 Å². The predicted molar refractivity (Wildman–Crippen MR) is 160 cm³/mol. The van der Waals surface area contributed by atoms with Crippen molar-refractivity contribution >= 4 is 23.5 Å². The number of nitrogens with zero attached hydrogens (tertiary/aromatic N) is 1. The van der Waals surface area contributed by atoms with E-state index >= 15 is 0 Å². The number of hydrogen-bond donors (Lipinski definition) is 4. The molecule has 1 heterocycles. The zero-order chi connectivity index (χ0) is 29.0. The number of amides is 1. The second-order valence-electron chi connectivity index (χ2n) is 12.6. The molecule has 0 aromatic heterocycles. The van der Waals surface area contributed by atoms with Gasteiger partial charge in [-0.15, -0.1) is 11.8 Å². The van der Waals surface area contributed by atoms with Crippen LogP contribution in [0.15, 0.2) is 53.4 Å². The molecule has 218 valence electrons. The standard InChI is InChI=1S/C32H45N3O4S/c1-20-24(15-10-16-26(20)36)29(38)28(30(33)40-23-13-6-5-7-14-23)27(37)19-35-18-22-12-9-8-11-21(22)17-25(35)31(39)34-32(2,3)4/h5-7,10,13-16,21-22,25,27-28,30,36-37H,8-9,11-12,17-19,33H2,1-4H3,(H,34,39). The number of β-amino-alcohol motifs (C(OH)–C–C–N with tert-alkyl or cyclic N) is 1. The van der Waals surface area contributed by atoms with Crippen molar-refractivity contribution in [2.75, 3.05) is 13.1 Å². The molecule has 2 aromatic carbocycles. The summed E-state index contributed by atoms with van der Waals surface area (Å²) in [5.74, 6) is -0.267. The molecule has 8 heteroatoms. The first-order valence-electron chi connectivity index (χ1n) is 14.5. The second kappa shape index (κ2) is 13.1. The minimum absolute atomic E-state index is 0.0293. The molecule has 5 N–H and O–H groups in total. The quantitative estimate of drug-likeness (QED) is 0.197. The highest BCUT2D eigenvalue weighted by molar-refractivity contribution is 8.00. The first-order chi connectivity index (χ1) is 18.9. The summed E-state index contributed by atoms with van der Waals surface area (Å²) in [7, 11) is 0. The number of nitrogens with two attached hydrogens (primary N) is 1. The first-order valence-corrected chi connectivity index (χ1v) is 15.4. The summed E-state index contributed by atoms with van der Waals surface area (Å²) < 4.78 is 0. The van der Waals surface area contributed by atoms with Crippen LogP contribution in [0.5, 0.6) is 5.75 Å². The van der Waals surface area contributed by atoms with Crippen molar-refractivity contribution in [1.29, 1.82) is 0 Å². The molecular weight excluding hydrogens is 522 g/mol. The maximum Gasteiger partial charge on any atom is 0.237 e. The molecule has 0 bridgehead atoms. The third-order valence-corrected chi connectivity index (χ3v) is 9.49. The number of piperidine rings is 1. The van der Waals surface area contributed by atoms with Gasteiger partial charge in [0.25, 0.3) is 0 Å². The van der Waals surface area contributed by atoms with E-state index in [2.05, 4.69) is 10.2 Å². The number of Topliss-reactive ketones (excluding diaryl/α,β-unsaturated/α-hetero) is 1. The molecule has 1 aliphatic carbocycles. The van der Waals surface area contributed by atoms with Gasteiger partial charge < -0.3 is 21.3 Å². The number of phenols is 1. The molecule has 4 rings (SSSR count). The lowest BCUT2D eigenvalue weighted by Gasteiger charge is -2.47. The van der Waals surface area contributed by atoms with Gasteiger partial charge in [0.15, 0.2) is 5.78 Å². The van der Waals surface area contributed by atoms with Crippen molar-refractivity contribution in [3.8, 4) is 5.75 Å². The maximum absolute atomic E-state index is 14.0. The zero-order valence-electron chi connectivity index (χ0n) is 24.2. The number of phenolic OH excluding ortho intramolecular Hbond substituents is 1. The summed E-state index contributed by atoms with van der Waals surface area (Å²) in [6.07, 6.45) is 4.30. The Morgan fingerprint density at radius 2 is 1.75 bits per heavy atom. The number of carbonyl (C=O) groups is 2. The van der Waals surface area contributed by atoms with E-state index in [0.29, 0.717) is 23.0 Å². The molecule has 6 atom stereocenters. The minimum Gasteiger partial charge on any atom is -0.508 e. The molecule has 1 saturated heterocycles. The monoisotopic (exact) mass is 567 g/mol. The fourth-order valence-electron chi connectivity index (χ4n) is 6.32. The van der Waals surface area contributed by atoms with E-state index in [-0.39, 0.29) is 35.6 Å². The summed E-state index contributed by atoms with van der Waals surface area (Å²) in [5, 5.41) is 24.5. The number of thioether (sulfide) groups is 1. The fourth-order valence-corrected chi connectivity index (χ4v) is 7.40. The Labute approximate surface area is 242 Å². The Morgan fingerprint density at radius 1 is 1.07 bits per heavy atom. The van der Waals surface area contributed by atoms with Gasteiger partial charge in [-0.25, -0.2) is 0 Å². The first kappa shape index (κ1) is 30.6. The van der Waals surface area contributed by atoms with E-state index in [4.69, 9.17) is 5.73 Å². The summed E-state index contributed by atoms with van der Waals surface area (Å²) in [4.78, 5) is 30.5. The van der Waals surface area contributed by atoms with Crippen molar-refractivity contribution in [3.63, 3.8) is 0 Å². The molecule has 2 aromatic rings. The molecule has 0 spiro atoms. The van der Waals surface area contributed by atoms with Crippen LogP contribution in [0.1, 0.15) is 68.8 Å². The Kier molecular flexibility index (Phi) is 9.98.